The Balaban J connectivity index is 1.42. The number of aliphatic hydroxyl groups is 1. The predicted octanol–water partition coefficient (Wildman–Crippen LogP) is 1.90. The van der Waals surface area contributed by atoms with Crippen LogP contribution in [0.1, 0.15) is 137 Å². The molecule has 0 saturated carbocycles. The fraction of sp³-hybridized carbons (Fsp3) is 0.623. The number of ether oxygens (including phenoxy) is 2. The molecule has 12 unspecified atom stereocenters. The maximum Gasteiger partial charge on any atom is 0.329 e. The van der Waals surface area contributed by atoms with Crippen LogP contribution >= 0.6 is 0 Å². The minimum absolute atomic E-state index is 0.0390. The number of rotatable bonds is 18. The lowest BCUT2D eigenvalue weighted by Gasteiger charge is -2.43. The Hall–Kier alpha value is -7.63. The van der Waals surface area contributed by atoms with Crippen molar-refractivity contribution < 1.29 is 72.4 Å². The third-order valence-corrected chi connectivity index (χ3v) is 16.2. The smallest absolute Gasteiger partial charge is 0.329 e. The second kappa shape index (κ2) is 30.4. The van der Waals surface area contributed by atoms with Crippen molar-refractivity contribution in [2.75, 3.05) is 20.1 Å². The second-order valence-electron chi connectivity index (χ2n) is 23.6. The number of fused-ring (bicyclic) bond motifs is 2. The summed E-state index contributed by atoms with van der Waals surface area (Å²) in [5, 5.41) is 35.3. The van der Waals surface area contributed by atoms with E-state index in [1.807, 2.05) is 13.8 Å². The van der Waals surface area contributed by atoms with Gasteiger partial charge in [-0.15, -0.1) is 0 Å². The number of carbonyl (C=O) groups is 11. The van der Waals surface area contributed by atoms with Crippen molar-refractivity contribution in [2.45, 2.75) is 212 Å². The molecule has 4 aliphatic rings. The van der Waals surface area contributed by atoms with Crippen LogP contribution < -0.4 is 26.6 Å². The molecule has 0 aromatic heterocycles. The summed E-state index contributed by atoms with van der Waals surface area (Å²) >= 11 is 0. The molecule has 6 rings (SSSR count). The number of likely N-dealkylation sites (tertiary alicyclic amines) is 2. The van der Waals surface area contributed by atoms with Crippen molar-refractivity contribution in [3.05, 3.63) is 65.7 Å². The van der Waals surface area contributed by atoms with Crippen molar-refractivity contribution in [3.63, 3.8) is 0 Å². The van der Waals surface area contributed by atoms with E-state index in [0.717, 1.165) is 9.80 Å². The van der Waals surface area contributed by atoms with Gasteiger partial charge in [0.25, 0.3) is 0 Å². The van der Waals surface area contributed by atoms with Crippen LogP contribution in [0.4, 0.5) is 0 Å². The molecular weight excluding hydrogens is 1100 g/mol. The summed E-state index contributed by atoms with van der Waals surface area (Å²) in [6.45, 7) is 13.6. The molecule has 4 heterocycles. The molecule has 2 aromatic carbocycles. The molecule has 4 aliphatic heterocycles. The third kappa shape index (κ3) is 17.1. The number of aromatic hydroxyl groups is 1. The van der Waals surface area contributed by atoms with E-state index in [9.17, 15) is 48.6 Å². The molecule has 0 aliphatic carbocycles. The van der Waals surface area contributed by atoms with Gasteiger partial charge in [-0.1, -0.05) is 84.0 Å². The first-order chi connectivity index (χ1) is 40.3. The Bertz CT molecular complexity index is 2730. The lowest BCUT2D eigenvalue weighted by atomic mass is 9.95. The van der Waals surface area contributed by atoms with Crippen LogP contribution in [0.15, 0.2) is 54.6 Å². The third-order valence-electron chi connectivity index (χ3n) is 16.2. The summed E-state index contributed by atoms with van der Waals surface area (Å²) in [6.07, 6.45) is -2.35. The fourth-order valence-corrected chi connectivity index (χ4v) is 11.5. The minimum atomic E-state index is -1.91. The number of benzene rings is 2. The topological polar surface area (TPSA) is 320 Å². The zero-order chi connectivity index (χ0) is 62.4. The molecule has 466 valence electrons. The van der Waals surface area contributed by atoms with E-state index < -0.39 is 132 Å². The summed E-state index contributed by atoms with van der Waals surface area (Å²) in [4.78, 5) is 164. The normalized spacial score (nSPS) is 26.3. The standard InChI is InChI=1S/C61H87N9O15/c1-10-17-47(72)68-29-15-21-43(68)54(76)65-52(36(7)84-60(82)44-22-16-30-69(44)48(73)18-11-2)57(79)66-51-37(8)85-61(83)50(35(5)6)64-55(77)45(32-39-23-25-40(71)26-24-39)67(9)59(81)46(33-38-19-13-12-14-20-38)70-49(74)28-27-41(58(70)80)62-53(75)42(31-34(3)4)63-56(51)78/h12-14,19-20,23-26,34-37,41-46,49-52,71,74H,10-11,15-18,21-22,27-33H2,1-9H3,(H,62,75)(H,63,78)(H,64,77)(H,65,76)(H,66,79). The van der Waals surface area contributed by atoms with E-state index >= 15 is 14.4 Å². The quantitative estimate of drug-likeness (QED) is 0.105. The highest BCUT2D eigenvalue weighted by Crippen LogP contribution is 2.27. The number of carbonyl (C=O) groups excluding carboxylic acids is 11. The average molecular weight is 1190 g/mol. The monoisotopic (exact) mass is 1190 g/mol. The molecule has 12 atom stereocenters. The fourth-order valence-electron chi connectivity index (χ4n) is 11.5. The van der Waals surface area contributed by atoms with E-state index in [1.165, 1.54) is 42.8 Å². The van der Waals surface area contributed by atoms with Crippen molar-refractivity contribution >= 4 is 65.1 Å². The van der Waals surface area contributed by atoms with E-state index in [4.69, 9.17) is 9.47 Å². The Kier molecular flexibility index (Phi) is 23.8. The molecule has 24 heteroatoms. The zero-order valence-corrected chi connectivity index (χ0v) is 50.4. The van der Waals surface area contributed by atoms with Gasteiger partial charge in [-0.25, -0.2) is 9.59 Å². The number of nitrogens with one attached hydrogen (secondary N) is 5. The van der Waals surface area contributed by atoms with Gasteiger partial charge in [-0.3, -0.25) is 43.2 Å². The van der Waals surface area contributed by atoms with Gasteiger partial charge < -0.3 is 65.9 Å². The second-order valence-corrected chi connectivity index (χ2v) is 23.6. The van der Waals surface area contributed by atoms with Gasteiger partial charge in [-0.05, 0) is 107 Å². The number of amides is 9. The van der Waals surface area contributed by atoms with Gasteiger partial charge in [-0.2, -0.15) is 0 Å². The number of cyclic esters (lactones) is 1. The largest absolute Gasteiger partial charge is 0.508 e. The number of phenols is 1. The number of nitrogens with zero attached hydrogens (tertiary/aromatic N) is 4. The van der Waals surface area contributed by atoms with E-state index in [2.05, 4.69) is 26.6 Å². The molecule has 4 saturated heterocycles. The molecule has 85 heavy (non-hydrogen) atoms. The highest BCUT2D eigenvalue weighted by Gasteiger charge is 2.47. The Morgan fingerprint density at radius 1 is 0.718 bits per heavy atom. The molecule has 24 nitrogen and oxygen atoms in total. The SMILES string of the molecule is CCCC(=O)N1CCCC1C(=O)NC(C(=O)NC1C(=O)NC(CC(C)C)C(=O)NC2CCC(O)N(C2=O)C(Cc2ccccc2)C(=O)N(C)C(Cc2ccc(O)cc2)C(=O)NC(C(C)C)C(=O)OC1C)C(C)OC(=O)C1CCCN1C(=O)CCC. The Morgan fingerprint density at radius 2 is 1.31 bits per heavy atom. The van der Waals surface area contributed by atoms with Crippen molar-refractivity contribution in [1.82, 2.24) is 46.2 Å². The van der Waals surface area contributed by atoms with Crippen molar-refractivity contribution in [3.8, 4) is 5.75 Å². The summed E-state index contributed by atoms with van der Waals surface area (Å²) in [7, 11) is 1.35. The average Bonchev–Trinajstić information content (AvgIpc) is 2.87. The number of esters is 2. The zero-order valence-electron chi connectivity index (χ0n) is 50.4. The highest BCUT2D eigenvalue weighted by molar-refractivity contribution is 5.99. The van der Waals surface area contributed by atoms with Gasteiger partial charge >= 0.3 is 11.9 Å². The minimum Gasteiger partial charge on any atom is -0.508 e. The maximum absolute atomic E-state index is 15.2. The Labute approximate surface area is 497 Å². The van der Waals surface area contributed by atoms with Crippen molar-refractivity contribution in [2.24, 2.45) is 11.8 Å². The Morgan fingerprint density at radius 3 is 1.91 bits per heavy atom. The number of likely N-dealkylation sites (N-methyl/N-ethyl adjacent to an activating group) is 1. The molecule has 2 bridgehead atoms. The van der Waals surface area contributed by atoms with Crippen LogP contribution in [0.5, 0.6) is 5.75 Å². The van der Waals surface area contributed by atoms with Crippen LogP contribution in [0.2, 0.25) is 0 Å². The van der Waals surface area contributed by atoms with Crippen LogP contribution in [-0.4, -0.2) is 188 Å². The first-order valence-electron chi connectivity index (χ1n) is 30.0. The molecule has 2 aromatic rings. The van der Waals surface area contributed by atoms with Crippen LogP contribution in [0.25, 0.3) is 0 Å². The molecule has 7 N–H and O–H groups in total. The van der Waals surface area contributed by atoms with E-state index in [0.29, 0.717) is 43.4 Å². The van der Waals surface area contributed by atoms with E-state index in [1.54, 1.807) is 70.2 Å². The van der Waals surface area contributed by atoms with E-state index in [-0.39, 0.29) is 87.8 Å². The summed E-state index contributed by atoms with van der Waals surface area (Å²) in [6, 6.07) is 1.69. The molecular formula is C61H87N9O15. The van der Waals surface area contributed by atoms with Crippen molar-refractivity contribution in [1.29, 1.82) is 0 Å². The predicted molar refractivity (Wildman–Crippen MR) is 309 cm³/mol. The first kappa shape index (κ1) is 66.5. The molecule has 4 fully saturated rings. The highest BCUT2D eigenvalue weighted by atomic mass is 16.6. The molecule has 9 amide bonds. The summed E-state index contributed by atoms with van der Waals surface area (Å²) in [5.74, 6) is -9.83. The van der Waals surface area contributed by atoms with Crippen LogP contribution in [0, 0.1) is 11.8 Å². The van der Waals surface area contributed by atoms with Crippen LogP contribution in [0.3, 0.4) is 0 Å². The molecule has 0 spiro atoms. The van der Waals surface area contributed by atoms with Crippen LogP contribution in [-0.2, 0) is 75.1 Å². The lowest BCUT2D eigenvalue weighted by molar-refractivity contribution is -0.165. The van der Waals surface area contributed by atoms with Gasteiger partial charge in [0.1, 0.15) is 78.6 Å². The van der Waals surface area contributed by atoms with Gasteiger partial charge in [0.2, 0.25) is 53.2 Å². The summed E-state index contributed by atoms with van der Waals surface area (Å²) < 4.78 is 12.0. The van der Waals surface area contributed by atoms with Gasteiger partial charge in [0, 0.05) is 45.8 Å². The maximum atomic E-state index is 15.2. The molecule has 0 radical (unpaired) electrons. The lowest BCUT2D eigenvalue weighted by Crippen LogP contribution is -2.65. The number of hydrogen-bond acceptors (Lipinski definition) is 15. The first-order valence-corrected chi connectivity index (χ1v) is 30.0. The number of piperidine rings is 1. The van der Waals surface area contributed by atoms with Gasteiger partial charge in [0.15, 0.2) is 0 Å². The number of aliphatic hydroxyl groups excluding tert-OH is 1. The number of hydrogen-bond donors (Lipinski definition) is 7. The summed E-state index contributed by atoms with van der Waals surface area (Å²) in [5.41, 5.74) is 1.08. The number of phenolic OH excluding ortho intramolecular Hbond substituents is 1. The van der Waals surface area contributed by atoms with Gasteiger partial charge in [0.05, 0.1) is 0 Å².